The maximum absolute atomic E-state index is 15.5. The SMILES string of the molecule is CC(=O)[C@@H]1CCCN1C(=O)[C@H](CCCNC(=N)N)CC(=O)[C@@H](NC(=O)[C@H](CC(=O)O)CC(=O)[C@@H]1CCCN1C(=O)[C@H](C)NC(=O)[C@H](CO)CC(=O)[C@@H](NC(=O)[C@@H](CC(=O)CNC(=O)[C@@H](N)Cc1cnc[nH]1)C(C)C)C(C)O)C(C)O[C@H]1OC(CO[C@]2(C(=O)O)C[C@@H](O)[C@@H](C)C([C@H](O)[C@H](O)CO)O2)[C@H](O)[C@H](O[C@@H]2OC(CO)[C@H](O)[C@H](O)C2O)C1C. The van der Waals surface area contributed by atoms with Crippen molar-refractivity contribution in [2.45, 2.75) is 273 Å². The third-order valence-electron chi connectivity index (χ3n) is 22.5. The highest BCUT2D eigenvalue weighted by atomic mass is 16.8. The fourth-order valence-electron chi connectivity index (χ4n) is 15.3. The largest absolute Gasteiger partial charge is 0.481 e. The number of ether oxygens (including phenoxy) is 6. The molecule has 1 aromatic heterocycles. The van der Waals surface area contributed by atoms with E-state index in [4.69, 9.17) is 45.3 Å². The molecule has 5 aliphatic heterocycles. The standard InChI is InChI=1S/C75H120N12O32/c1-32(2)44(23-43(93)26-81-68(109)45(76)22-42-25-79-31-82-42)67(108)84-56(37(7)92)49(95)20-41(27-88)66(107)83-35(5)69(110)87-17-11-14-47(87)48(94)19-40(21-55(99)100)65(106)85-57(50(96)18-39(12-9-15-80-74(77)78)70(111)86-16-10-13-46(86)36(6)91)38(8)115-71-34(4)63(118-72-62(105)61(104)59(102)53(29-90)116-72)60(103)54(117-71)30-114-75(73(112)113)24-51(97)33(3)64(119-75)58(101)52(98)28-89/h25,31-35,37-41,44-47,51-54,56-64,71-72,88-90,92,97-98,101-105H,9-24,26-30,76H2,1-8H3,(H,79,82)(H,81,109)(H,83,107)(H,84,108)(H,85,106)(H,99,100)(H,112,113)(H4,77,78,80)/t33-,34?,35+,37?,38?,39-,40+,41+,44+,45+,46+,47+,51-,52-,53?,54?,56+,57+,58-,59+,60+,61+,62?,63-,64?,71+,72+,75-/m1/s1. The van der Waals surface area contributed by atoms with Gasteiger partial charge in [-0.05, 0) is 72.1 Å². The number of carboxylic acid groups (broad SMARTS) is 2. The second-order valence-electron chi connectivity index (χ2n) is 31.9. The van der Waals surface area contributed by atoms with Crippen LogP contribution in [0.5, 0.6) is 0 Å². The minimum absolute atomic E-state index is 0.00511. The smallest absolute Gasteiger partial charge is 0.364 e. The number of ketones is 5. The topological polar surface area (TPSA) is 711 Å². The Labute approximate surface area is 685 Å². The molecule has 28 atom stereocenters. The number of rotatable bonds is 47. The third kappa shape index (κ3) is 26.7. The number of hydrogen-bond acceptors (Lipinski definition) is 33. The summed E-state index contributed by atoms with van der Waals surface area (Å²) in [5, 5.41) is 160. The molecule has 6 rings (SSSR count). The zero-order valence-corrected chi connectivity index (χ0v) is 67.7. The van der Waals surface area contributed by atoms with Gasteiger partial charge >= 0.3 is 11.9 Å². The molecule has 6 amide bonds. The first-order chi connectivity index (χ1) is 55.9. The van der Waals surface area contributed by atoms with E-state index in [-0.39, 0.29) is 63.9 Å². The molecule has 5 fully saturated rings. The van der Waals surface area contributed by atoms with E-state index in [1.54, 1.807) is 13.8 Å². The average Bonchev–Trinajstić information content (AvgIpc) is 1.25. The summed E-state index contributed by atoms with van der Waals surface area (Å²) in [7, 11) is 0. The molecule has 6 heterocycles. The van der Waals surface area contributed by atoms with Crippen molar-refractivity contribution in [2.75, 3.05) is 52.6 Å². The van der Waals surface area contributed by atoms with Gasteiger partial charge in [0.2, 0.25) is 35.4 Å². The molecule has 24 N–H and O–H groups in total. The Bertz CT molecular complexity index is 3640. The van der Waals surface area contributed by atoms with Gasteiger partial charge in [0.05, 0.1) is 106 Å². The normalized spacial score (nSPS) is 28.9. The lowest BCUT2D eigenvalue weighted by atomic mass is 9.84. The lowest BCUT2D eigenvalue weighted by molar-refractivity contribution is -0.364. The minimum atomic E-state index is -2.95. The minimum Gasteiger partial charge on any atom is -0.481 e. The fraction of sp³-hybridized carbons (Fsp3) is 0.773. The van der Waals surface area contributed by atoms with E-state index >= 15 is 9.59 Å². The van der Waals surface area contributed by atoms with E-state index in [2.05, 4.69) is 36.6 Å². The number of carbonyl (C=O) groups excluding carboxylic acids is 11. The number of amides is 6. The number of guanidine groups is 1. The highest BCUT2D eigenvalue weighted by Crippen LogP contribution is 2.40. The number of hydrogen-bond donors (Lipinski definition) is 22. The Morgan fingerprint density at radius 3 is 1.90 bits per heavy atom. The molecule has 672 valence electrons. The number of aromatic nitrogens is 2. The summed E-state index contributed by atoms with van der Waals surface area (Å²) < 4.78 is 36.2. The van der Waals surface area contributed by atoms with Crippen molar-refractivity contribution in [2.24, 2.45) is 52.9 Å². The van der Waals surface area contributed by atoms with E-state index in [9.17, 15) is 119 Å². The number of aliphatic carboxylic acids is 2. The van der Waals surface area contributed by atoms with Crippen LogP contribution >= 0.6 is 0 Å². The Morgan fingerprint density at radius 1 is 0.706 bits per heavy atom. The molecule has 0 aliphatic carbocycles. The van der Waals surface area contributed by atoms with Crippen LogP contribution in [0.2, 0.25) is 0 Å². The van der Waals surface area contributed by atoms with E-state index in [1.807, 2.05) is 0 Å². The maximum atomic E-state index is 15.5. The summed E-state index contributed by atoms with van der Waals surface area (Å²) >= 11 is 0. The first-order valence-corrected chi connectivity index (χ1v) is 39.8. The van der Waals surface area contributed by atoms with Gasteiger partial charge in [-0.3, -0.25) is 62.9 Å². The van der Waals surface area contributed by atoms with Gasteiger partial charge in [-0.1, -0.05) is 27.7 Å². The quantitative estimate of drug-likeness (QED) is 0.0164. The molecule has 0 saturated carbocycles. The van der Waals surface area contributed by atoms with E-state index in [1.165, 1.54) is 52.0 Å². The van der Waals surface area contributed by atoms with Crippen LogP contribution in [-0.2, 0) is 97.2 Å². The summed E-state index contributed by atoms with van der Waals surface area (Å²) in [6, 6.07) is -8.62. The van der Waals surface area contributed by atoms with Crippen molar-refractivity contribution in [3.63, 3.8) is 0 Å². The van der Waals surface area contributed by atoms with Crippen LogP contribution in [0.25, 0.3) is 0 Å². The van der Waals surface area contributed by atoms with Gasteiger partial charge in [0.15, 0.2) is 47.5 Å². The molecule has 0 bridgehead atoms. The molecule has 119 heavy (non-hydrogen) atoms. The molecular formula is C75H120N12O32. The summed E-state index contributed by atoms with van der Waals surface area (Å²) in [6.45, 7) is 6.02. The monoisotopic (exact) mass is 1700 g/mol. The number of likely N-dealkylation sites (tertiary alicyclic amines) is 2. The Kier molecular flexibility index (Phi) is 38.3. The van der Waals surface area contributed by atoms with Crippen molar-refractivity contribution in [1.29, 1.82) is 5.41 Å². The van der Waals surface area contributed by atoms with Crippen LogP contribution in [0, 0.1) is 46.8 Å². The van der Waals surface area contributed by atoms with E-state index in [0.717, 1.165) is 11.8 Å². The van der Waals surface area contributed by atoms with Crippen LogP contribution in [0.15, 0.2) is 12.5 Å². The number of nitrogens with one attached hydrogen (secondary N) is 7. The van der Waals surface area contributed by atoms with Gasteiger partial charge in [-0.2, -0.15) is 0 Å². The van der Waals surface area contributed by atoms with Gasteiger partial charge in [-0.25, -0.2) is 9.78 Å². The zero-order chi connectivity index (χ0) is 88.9. The Morgan fingerprint density at radius 2 is 1.32 bits per heavy atom. The molecule has 7 unspecified atom stereocenters. The second kappa shape index (κ2) is 45.7. The summed E-state index contributed by atoms with van der Waals surface area (Å²) in [5.74, 6) is -25.3. The third-order valence-corrected chi connectivity index (χ3v) is 22.5. The number of nitrogens with zero attached hydrogens (tertiary/aromatic N) is 3. The molecule has 44 nitrogen and oxygen atoms in total. The summed E-state index contributed by atoms with van der Waals surface area (Å²) in [5.41, 5.74) is 12.1. The molecular weight excluding hydrogens is 1580 g/mol. The number of carbonyl (C=O) groups is 13. The van der Waals surface area contributed by atoms with Crippen LogP contribution in [-0.4, -0.2) is 355 Å². The van der Waals surface area contributed by atoms with Crippen molar-refractivity contribution < 1.29 is 157 Å². The van der Waals surface area contributed by atoms with Crippen LogP contribution in [0.4, 0.5) is 0 Å². The number of aliphatic hydroxyl groups excluding tert-OH is 11. The number of nitrogens with two attached hydrogens (primary N) is 2. The van der Waals surface area contributed by atoms with Gasteiger partial charge < -0.3 is 148 Å². The van der Waals surface area contributed by atoms with Crippen molar-refractivity contribution >= 4 is 82.3 Å². The number of Topliss-reactive ketones (excluding diaryl/α,β-unsaturated/α-hetero) is 5. The number of aliphatic hydroxyl groups is 11. The van der Waals surface area contributed by atoms with Gasteiger partial charge in [0.1, 0.15) is 67.0 Å². The predicted molar refractivity (Wildman–Crippen MR) is 405 cm³/mol. The molecule has 5 saturated heterocycles. The maximum Gasteiger partial charge on any atom is 0.364 e. The molecule has 1 aromatic rings. The summed E-state index contributed by atoms with van der Waals surface area (Å²) in [4.78, 5) is 190. The number of aromatic amines is 1. The Hall–Kier alpha value is -8.13. The number of carboxylic acids is 2. The average molecular weight is 1700 g/mol. The molecule has 0 radical (unpaired) electrons. The predicted octanol–water partition coefficient (Wildman–Crippen LogP) is -7.88. The highest BCUT2D eigenvalue weighted by molar-refractivity contribution is 6.00. The first kappa shape index (κ1) is 99.7. The first-order valence-electron chi connectivity index (χ1n) is 39.8. The van der Waals surface area contributed by atoms with Crippen LogP contribution < -0.4 is 38.1 Å². The lowest BCUT2D eigenvalue weighted by Crippen LogP contribution is -2.64. The number of H-pyrrole nitrogens is 1. The molecule has 0 spiro atoms. The summed E-state index contributed by atoms with van der Waals surface area (Å²) in [6.07, 6.45) is -29.6. The van der Waals surface area contributed by atoms with E-state index < -0.39 is 323 Å². The van der Waals surface area contributed by atoms with E-state index in [0.29, 0.717) is 12.1 Å². The molecule has 0 aromatic carbocycles. The van der Waals surface area contributed by atoms with Crippen molar-refractivity contribution in [3.05, 3.63) is 18.2 Å². The fourth-order valence-corrected chi connectivity index (χ4v) is 15.3. The molecule has 44 heteroatoms. The molecule has 5 aliphatic rings. The van der Waals surface area contributed by atoms with Crippen molar-refractivity contribution in [1.82, 2.24) is 46.4 Å². The number of imidazole rings is 1. The van der Waals surface area contributed by atoms with Crippen LogP contribution in [0.3, 0.4) is 0 Å². The van der Waals surface area contributed by atoms with Gasteiger partial charge in [0, 0.05) is 93.7 Å². The van der Waals surface area contributed by atoms with Crippen molar-refractivity contribution in [3.8, 4) is 0 Å². The Balaban J connectivity index is 1.26. The van der Waals surface area contributed by atoms with Gasteiger partial charge in [0.25, 0.3) is 5.79 Å². The highest BCUT2D eigenvalue weighted by Gasteiger charge is 2.57. The van der Waals surface area contributed by atoms with Crippen LogP contribution in [0.1, 0.15) is 138 Å². The second-order valence-corrected chi connectivity index (χ2v) is 31.9. The lowest BCUT2D eigenvalue weighted by Gasteiger charge is -2.48. The van der Waals surface area contributed by atoms with Gasteiger partial charge in [-0.15, -0.1) is 0 Å². The zero-order valence-electron chi connectivity index (χ0n) is 67.7.